The average Bonchev–Trinajstić information content (AvgIpc) is 2.61. The molecule has 0 bridgehead atoms. The zero-order chi connectivity index (χ0) is 14.3. The van der Waals surface area contributed by atoms with Crippen molar-refractivity contribution in [2.24, 2.45) is 5.41 Å². The predicted molar refractivity (Wildman–Crippen MR) is 80.6 cm³/mol. The van der Waals surface area contributed by atoms with Gasteiger partial charge in [0.05, 0.1) is 4.90 Å². The summed E-state index contributed by atoms with van der Waals surface area (Å²) in [6.45, 7) is 6.14. The van der Waals surface area contributed by atoms with E-state index in [4.69, 9.17) is 0 Å². The molecular weight excluding hydrogens is 326 g/mol. The number of halogens is 1. The molecule has 106 valence electrons. The van der Waals surface area contributed by atoms with Crippen LogP contribution in [0.1, 0.15) is 38.7 Å². The second kappa shape index (κ2) is 5.19. The summed E-state index contributed by atoms with van der Waals surface area (Å²) in [4.78, 5) is 0.343. The molecule has 1 atom stereocenters. The molecule has 1 aliphatic carbocycles. The summed E-state index contributed by atoms with van der Waals surface area (Å²) >= 11 is 3.39. The Labute approximate surface area is 124 Å². The van der Waals surface area contributed by atoms with Crippen molar-refractivity contribution in [2.75, 3.05) is 0 Å². The van der Waals surface area contributed by atoms with Crippen LogP contribution in [0.4, 0.5) is 0 Å². The number of nitrogens with one attached hydrogen (secondary N) is 1. The number of sulfonamides is 1. The Balaban J connectivity index is 2.25. The molecule has 1 N–H and O–H groups in total. The minimum atomic E-state index is -3.42. The van der Waals surface area contributed by atoms with Crippen molar-refractivity contribution < 1.29 is 8.42 Å². The summed E-state index contributed by atoms with van der Waals surface area (Å²) in [6, 6.07) is 5.15. The van der Waals surface area contributed by atoms with Crippen molar-refractivity contribution in [1.82, 2.24) is 4.72 Å². The van der Waals surface area contributed by atoms with Crippen LogP contribution in [0.2, 0.25) is 0 Å². The van der Waals surface area contributed by atoms with E-state index in [0.29, 0.717) is 4.90 Å². The van der Waals surface area contributed by atoms with Gasteiger partial charge in [-0.15, -0.1) is 0 Å². The molecule has 0 radical (unpaired) electrons. The lowest BCUT2D eigenvalue weighted by atomic mass is 9.88. The van der Waals surface area contributed by atoms with Crippen LogP contribution in [0, 0.1) is 12.3 Å². The van der Waals surface area contributed by atoms with Gasteiger partial charge in [-0.1, -0.05) is 36.2 Å². The van der Waals surface area contributed by atoms with Gasteiger partial charge in [-0.2, -0.15) is 0 Å². The minimum Gasteiger partial charge on any atom is -0.208 e. The van der Waals surface area contributed by atoms with Gasteiger partial charge in [-0.25, -0.2) is 13.1 Å². The molecule has 2 rings (SSSR count). The van der Waals surface area contributed by atoms with E-state index in [2.05, 4.69) is 34.5 Å². The van der Waals surface area contributed by atoms with Gasteiger partial charge < -0.3 is 0 Å². The molecule has 1 aromatic rings. The molecule has 1 fully saturated rings. The van der Waals surface area contributed by atoms with E-state index in [1.807, 2.05) is 6.92 Å². The Morgan fingerprint density at radius 2 is 2.05 bits per heavy atom. The summed E-state index contributed by atoms with van der Waals surface area (Å²) in [6.07, 6.45) is 3.07. The zero-order valence-corrected chi connectivity index (χ0v) is 13.9. The monoisotopic (exact) mass is 345 g/mol. The maximum Gasteiger partial charge on any atom is 0.240 e. The average molecular weight is 346 g/mol. The van der Waals surface area contributed by atoms with Gasteiger partial charge in [0.15, 0.2) is 0 Å². The molecule has 0 aliphatic heterocycles. The van der Waals surface area contributed by atoms with Crippen LogP contribution in [0.3, 0.4) is 0 Å². The third-order valence-corrected chi connectivity index (χ3v) is 6.35. The van der Waals surface area contributed by atoms with E-state index in [0.717, 1.165) is 29.3 Å². The summed E-state index contributed by atoms with van der Waals surface area (Å²) < 4.78 is 28.6. The van der Waals surface area contributed by atoms with Gasteiger partial charge in [0, 0.05) is 10.5 Å². The van der Waals surface area contributed by atoms with Crippen LogP contribution in [0.15, 0.2) is 27.6 Å². The van der Waals surface area contributed by atoms with E-state index in [-0.39, 0.29) is 11.5 Å². The third-order valence-electron chi connectivity index (χ3n) is 3.99. The number of aryl methyl sites for hydroxylation is 1. The molecule has 1 saturated carbocycles. The highest BCUT2D eigenvalue weighted by Gasteiger charge is 2.37. The van der Waals surface area contributed by atoms with Crippen molar-refractivity contribution >= 4 is 26.0 Å². The predicted octanol–water partition coefficient (Wildman–Crippen LogP) is 3.61. The van der Waals surface area contributed by atoms with Crippen LogP contribution in [-0.4, -0.2) is 14.5 Å². The first-order valence-electron chi connectivity index (χ1n) is 6.51. The number of hydrogen-bond acceptors (Lipinski definition) is 2. The summed E-state index contributed by atoms with van der Waals surface area (Å²) in [5.74, 6) is 0. The van der Waals surface area contributed by atoms with Crippen molar-refractivity contribution in [1.29, 1.82) is 0 Å². The first-order chi connectivity index (χ1) is 8.72. The van der Waals surface area contributed by atoms with Gasteiger partial charge >= 0.3 is 0 Å². The van der Waals surface area contributed by atoms with E-state index in [1.165, 1.54) is 0 Å². The molecule has 0 spiro atoms. The minimum absolute atomic E-state index is 0.0291. The fourth-order valence-corrected chi connectivity index (χ4v) is 4.36. The van der Waals surface area contributed by atoms with Crippen LogP contribution in [0.5, 0.6) is 0 Å². The summed E-state index contributed by atoms with van der Waals surface area (Å²) in [7, 11) is -3.42. The van der Waals surface area contributed by atoms with Gasteiger partial charge in [0.2, 0.25) is 10.0 Å². The molecule has 1 aliphatic rings. The van der Waals surface area contributed by atoms with Crippen LogP contribution in [-0.2, 0) is 10.0 Å². The summed E-state index contributed by atoms with van der Waals surface area (Å²) in [5, 5.41) is 0. The standard InChI is InChI=1S/C14H20BrNO2S/c1-10-9-11(6-7-12(10)15)19(17,18)16-13-5-4-8-14(13,2)3/h6-7,9,13,16H,4-5,8H2,1-3H3. The second-order valence-corrected chi connectivity index (χ2v) is 8.53. The normalized spacial score (nSPS) is 22.6. The molecule has 3 nitrogen and oxygen atoms in total. The Hall–Kier alpha value is -0.390. The van der Waals surface area contributed by atoms with Crippen molar-refractivity contribution in [3.8, 4) is 0 Å². The fraction of sp³-hybridized carbons (Fsp3) is 0.571. The van der Waals surface area contributed by atoms with E-state index < -0.39 is 10.0 Å². The van der Waals surface area contributed by atoms with Gasteiger partial charge in [-0.3, -0.25) is 0 Å². The molecule has 0 amide bonds. The van der Waals surface area contributed by atoms with Crippen molar-refractivity contribution in [3.63, 3.8) is 0 Å². The lowest BCUT2D eigenvalue weighted by molar-refractivity contribution is 0.313. The smallest absolute Gasteiger partial charge is 0.208 e. The lowest BCUT2D eigenvalue weighted by Crippen LogP contribution is -2.41. The molecule has 1 aromatic carbocycles. The molecule has 1 unspecified atom stereocenters. The molecular formula is C14H20BrNO2S. The van der Waals surface area contributed by atoms with Gasteiger partial charge in [0.25, 0.3) is 0 Å². The fourth-order valence-electron chi connectivity index (χ4n) is 2.58. The Morgan fingerprint density at radius 3 is 2.58 bits per heavy atom. The first kappa shape index (κ1) is 15.0. The van der Waals surface area contributed by atoms with E-state index in [1.54, 1.807) is 18.2 Å². The largest absolute Gasteiger partial charge is 0.240 e. The van der Waals surface area contributed by atoms with Crippen molar-refractivity contribution in [2.45, 2.75) is 51.0 Å². The highest BCUT2D eigenvalue weighted by molar-refractivity contribution is 9.10. The van der Waals surface area contributed by atoms with Gasteiger partial charge in [-0.05, 0) is 48.9 Å². The molecule has 19 heavy (non-hydrogen) atoms. The zero-order valence-electron chi connectivity index (χ0n) is 11.5. The highest BCUT2D eigenvalue weighted by Crippen LogP contribution is 2.38. The maximum atomic E-state index is 12.4. The molecule has 5 heteroatoms. The Bertz CT molecular complexity index is 581. The second-order valence-electron chi connectivity index (χ2n) is 5.97. The molecule has 0 heterocycles. The van der Waals surface area contributed by atoms with E-state index >= 15 is 0 Å². The maximum absolute atomic E-state index is 12.4. The molecule has 0 saturated heterocycles. The van der Waals surface area contributed by atoms with Crippen LogP contribution < -0.4 is 4.72 Å². The van der Waals surface area contributed by atoms with Crippen LogP contribution >= 0.6 is 15.9 Å². The number of benzene rings is 1. The Morgan fingerprint density at radius 1 is 1.37 bits per heavy atom. The number of rotatable bonds is 3. The van der Waals surface area contributed by atoms with E-state index in [9.17, 15) is 8.42 Å². The topological polar surface area (TPSA) is 46.2 Å². The quantitative estimate of drug-likeness (QED) is 0.909. The number of hydrogen-bond donors (Lipinski definition) is 1. The van der Waals surface area contributed by atoms with Crippen molar-refractivity contribution in [3.05, 3.63) is 28.2 Å². The third kappa shape index (κ3) is 3.20. The Kier molecular flexibility index (Phi) is 4.10. The highest BCUT2D eigenvalue weighted by atomic mass is 79.9. The first-order valence-corrected chi connectivity index (χ1v) is 8.78. The lowest BCUT2D eigenvalue weighted by Gasteiger charge is -2.27. The SMILES string of the molecule is Cc1cc(S(=O)(=O)NC2CCCC2(C)C)ccc1Br. The van der Waals surface area contributed by atoms with Crippen LogP contribution in [0.25, 0.3) is 0 Å². The van der Waals surface area contributed by atoms with Gasteiger partial charge in [0.1, 0.15) is 0 Å². The summed E-state index contributed by atoms with van der Waals surface area (Å²) in [5.41, 5.74) is 0.964. The molecule has 0 aromatic heterocycles.